The third kappa shape index (κ3) is 5.39. The molecule has 0 saturated heterocycles. The van der Waals surface area contributed by atoms with E-state index in [1.165, 1.54) is 32.1 Å². The van der Waals surface area contributed by atoms with Gasteiger partial charge in [0.05, 0.1) is 5.92 Å². The van der Waals surface area contributed by atoms with E-state index in [0.717, 1.165) is 6.54 Å². The summed E-state index contributed by atoms with van der Waals surface area (Å²) in [5, 5.41) is 11.8. The maximum atomic E-state index is 12.0. The zero-order chi connectivity index (χ0) is 15.1. The molecule has 1 unspecified atom stereocenters. The molecule has 0 aliphatic heterocycles. The van der Waals surface area contributed by atoms with Crippen LogP contribution in [0.2, 0.25) is 0 Å². The number of amides is 2. The number of urea groups is 1. The minimum atomic E-state index is -0.852. The molecular formula is C15H28N2O3. The topological polar surface area (TPSA) is 69.6 Å². The molecule has 0 spiro atoms. The highest BCUT2D eigenvalue weighted by Gasteiger charge is 2.23. The van der Waals surface area contributed by atoms with Crippen molar-refractivity contribution >= 4 is 12.0 Å². The Morgan fingerprint density at radius 1 is 1.25 bits per heavy atom. The zero-order valence-electron chi connectivity index (χ0n) is 12.9. The number of nitrogens with one attached hydrogen (secondary N) is 1. The van der Waals surface area contributed by atoms with Crippen LogP contribution in [0, 0.1) is 17.8 Å². The highest BCUT2D eigenvalue weighted by atomic mass is 16.4. The summed E-state index contributed by atoms with van der Waals surface area (Å²) < 4.78 is 0. The Hall–Kier alpha value is -1.26. The zero-order valence-corrected chi connectivity index (χ0v) is 12.9. The molecule has 116 valence electrons. The molecule has 1 saturated carbocycles. The van der Waals surface area contributed by atoms with Gasteiger partial charge in [0.1, 0.15) is 0 Å². The lowest BCUT2D eigenvalue weighted by atomic mass is 9.89. The summed E-state index contributed by atoms with van der Waals surface area (Å²) in [7, 11) is 1.79. The van der Waals surface area contributed by atoms with Crippen molar-refractivity contribution in [3.8, 4) is 0 Å². The van der Waals surface area contributed by atoms with Crippen LogP contribution in [0.15, 0.2) is 0 Å². The molecule has 1 fully saturated rings. The van der Waals surface area contributed by atoms with Crippen LogP contribution in [-0.2, 0) is 4.79 Å². The minimum absolute atomic E-state index is 0.0106. The van der Waals surface area contributed by atoms with Crippen molar-refractivity contribution in [1.82, 2.24) is 10.2 Å². The fraction of sp³-hybridized carbons (Fsp3) is 0.867. The Morgan fingerprint density at radius 3 is 2.35 bits per heavy atom. The van der Waals surface area contributed by atoms with Crippen molar-refractivity contribution in [2.45, 2.75) is 46.0 Å². The van der Waals surface area contributed by atoms with Crippen molar-refractivity contribution in [3.05, 3.63) is 0 Å². The number of hydrogen-bond donors (Lipinski definition) is 2. The van der Waals surface area contributed by atoms with Crippen molar-refractivity contribution in [3.63, 3.8) is 0 Å². The van der Waals surface area contributed by atoms with E-state index in [0.29, 0.717) is 5.92 Å². The Labute approximate surface area is 121 Å². The SMILES string of the molecule is CC(C)C(CNC(=O)N(C)CC1CCCCC1)C(=O)O. The molecule has 1 aliphatic carbocycles. The van der Waals surface area contributed by atoms with Crippen LogP contribution in [-0.4, -0.2) is 42.1 Å². The second kappa shape index (κ2) is 8.12. The summed E-state index contributed by atoms with van der Waals surface area (Å²) in [6.45, 7) is 4.68. The van der Waals surface area contributed by atoms with Crippen LogP contribution < -0.4 is 5.32 Å². The summed E-state index contributed by atoms with van der Waals surface area (Å²) in [6.07, 6.45) is 6.22. The molecule has 1 atom stereocenters. The van der Waals surface area contributed by atoms with Crippen LogP contribution in [0.25, 0.3) is 0 Å². The fourth-order valence-electron chi connectivity index (χ4n) is 2.78. The minimum Gasteiger partial charge on any atom is -0.481 e. The monoisotopic (exact) mass is 284 g/mol. The van der Waals surface area contributed by atoms with Gasteiger partial charge in [-0.3, -0.25) is 4.79 Å². The van der Waals surface area contributed by atoms with Gasteiger partial charge in [-0.2, -0.15) is 0 Å². The maximum absolute atomic E-state index is 12.0. The van der Waals surface area contributed by atoms with Gasteiger partial charge in [-0.05, 0) is 24.7 Å². The lowest BCUT2D eigenvalue weighted by Gasteiger charge is -2.27. The first-order valence-electron chi connectivity index (χ1n) is 7.63. The van der Waals surface area contributed by atoms with Crippen molar-refractivity contribution in [2.24, 2.45) is 17.8 Å². The van der Waals surface area contributed by atoms with E-state index >= 15 is 0 Å². The van der Waals surface area contributed by atoms with Crippen LogP contribution >= 0.6 is 0 Å². The second-order valence-electron chi connectivity index (χ2n) is 6.26. The number of carboxylic acids is 1. The molecule has 0 radical (unpaired) electrons. The average Bonchev–Trinajstić information content (AvgIpc) is 2.38. The lowest BCUT2D eigenvalue weighted by molar-refractivity contribution is -0.142. The Kier molecular flexibility index (Phi) is 6.82. The number of carbonyl (C=O) groups is 2. The molecule has 1 rings (SSSR count). The van der Waals surface area contributed by atoms with Crippen LogP contribution in [0.1, 0.15) is 46.0 Å². The molecular weight excluding hydrogens is 256 g/mol. The van der Waals surface area contributed by atoms with Gasteiger partial charge in [-0.1, -0.05) is 33.1 Å². The maximum Gasteiger partial charge on any atom is 0.317 e. The van der Waals surface area contributed by atoms with Gasteiger partial charge in [-0.25, -0.2) is 4.79 Å². The summed E-state index contributed by atoms with van der Waals surface area (Å²) in [5.41, 5.74) is 0. The van der Waals surface area contributed by atoms with E-state index in [2.05, 4.69) is 5.32 Å². The van der Waals surface area contributed by atoms with Gasteiger partial charge in [0.2, 0.25) is 0 Å². The van der Waals surface area contributed by atoms with E-state index in [4.69, 9.17) is 5.11 Å². The number of carboxylic acid groups (broad SMARTS) is 1. The van der Waals surface area contributed by atoms with Crippen LogP contribution in [0.3, 0.4) is 0 Å². The van der Waals surface area contributed by atoms with Crippen LogP contribution in [0.4, 0.5) is 4.79 Å². The number of aliphatic carboxylic acids is 1. The Balaban J connectivity index is 2.35. The molecule has 0 heterocycles. The smallest absolute Gasteiger partial charge is 0.317 e. The van der Waals surface area contributed by atoms with Crippen LogP contribution in [0.5, 0.6) is 0 Å². The molecule has 0 aromatic rings. The molecule has 0 aromatic heterocycles. The van der Waals surface area contributed by atoms with Crippen molar-refractivity contribution in [2.75, 3.05) is 20.1 Å². The number of carbonyl (C=O) groups excluding carboxylic acids is 1. The van der Waals surface area contributed by atoms with Gasteiger partial charge >= 0.3 is 12.0 Å². The molecule has 5 nitrogen and oxygen atoms in total. The average molecular weight is 284 g/mol. The van der Waals surface area contributed by atoms with E-state index in [9.17, 15) is 9.59 Å². The van der Waals surface area contributed by atoms with E-state index in [1.807, 2.05) is 13.8 Å². The molecule has 20 heavy (non-hydrogen) atoms. The highest BCUT2D eigenvalue weighted by Crippen LogP contribution is 2.24. The Morgan fingerprint density at radius 2 is 1.85 bits per heavy atom. The fourth-order valence-corrected chi connectivity index (χ4v) is 2.78. The third-order valence-corrected chi connectivity index (χ3v) is 4.20. The second-order valence-corrected chi connectivity index (χ2v) is 6.26. The highest BCUT2D eigenvalue weighted by molar-refractivity contribution is 5.75. The predicted molar refractivity (Wildman–Crippen MR) is 78.6 cm³/mol. The van der Waals surface area contributed by atoms with Gasteiger partial charge in [-0.15, -0.1) is 0 Å². The summed E-state index contributed by atoms with van der Waals surface area (Å²) in [5.74, 6) is -0.770. The number of rotatable bonds is 6. The molecule has 5 heteroatoms. The first-order chi connectivity index (χ1) is 9.41. The molecule has 2 N–H and O–H groups in total. The molecule has 0 aromatic carbocycles. The van der Waals surface area contributed by atoms with Crippen molar-refractivity contribution in [1.29, 1.82) is 0 Å². The largest absolute Gasteiger partial charge is 0.481 e. The number of nitrogens with zero attached hydrogens (tertiary/aromatic N) is 1. The quantitative estimate of drug-likeness (QED) is 0.787. The van der Waals surface area contributed by atoms with Gasteiger partial charge < -0.3 is 15.3 Å². The first kappa shape index (κ1) is 16.8. The van der Waals surface area contributed by atoms with Gasteiger partial charge in [0.25, 0.3) is 0 Å². The molecule has 2 amide bonds. The van der Waals surface area contributed by atoms with E-state index < -0.39 is 11.9 Å². The summed E-state index contributed by atoms with van der Waals surface area (Å²) in [6, 6.07) is -0.164. The number of hydrogen-bond acceptors (Lipinski definition) is 2. The third-order valence-electron chi connectivity index (χ3n) is 4.20. The first-order valence-corrected chi connectivity index (χ1v) is 7.63. The summed E-state index contributed by atoms with van der Waals surface area (Å²) >= 11 is 0. The van der Waals surface area contributed by atoms with E-state index in [-0.39, 0.29) is 18.5 Å². The molecule has 0 bridgehead atoms. The van der Waals surface area contributed by atoms with Crippen molar-refractivity contribution < 1.29 is 14.7 Å². The Bertz CT molecular complexity index is 325. The standard InChI is InChI=1S/C15H28N2O3/c1-11(2)13(14(18)19)9-16-15(20)17(3)10-12-7-5-4-6-8-12/h11-13H,4-10H2,1-3H3,(H,16,20)(H,18,19). The van der Waals surface area contributed by atoms with Gasteiger partial charge in [0.15, 0.2) is 0 Å². The molecule has 1 aliphatic rings. The predicted octanol–water partition coefficient (Wildman–Crippen LogP) is 2.56. The lowest BCUT2D eigenvalue weighted by Crippen LogP contribution is -2.43. The van der Waals surface area contributed by atoms with E-state index in [1.54, 1.807) is 11.9 Å². The van der Waals surface area contributed by atoms with Gasteiger partial charge in [0, 0.05) is 20.1 Å². The summed E-state index contributed by atoms with van der Waals surface area (Å²) in [4.78, 5) is 24.8. The normalized spacial score (nSPS) is 17.8.